The molecular weight excluding hydrogens is 496 g/mol. The molecule has 2 aromatic rings. The zero-order valence-corrected chi connectivity index (χ0v) is 22.2. The Morgan fingerprint density at radius 1 is 1.18 bits per heavy atom. The lowest BCUT2D eigenvalue weighted by atomic mass is 10.0. The molecule has 4 heterocycles. The number of pyridine rings is 1. The molecule has 0 radical (unpaired) electrons. The van der Waals surface area contributed by atoms with Gasteiger partial charge in [-0.05, 0) is 49.1 Å². The molecule has 10 nitrogen and oxygen atoms in total. The molecule has 2 N–H and O–H groups in total. The molecule has 0 saturated carbocycles. The van der Waals surface area contributed by atoms with Gasteiger partial charge in [0.2, 0.25) is 11.8 Å². The number of piperazine rings is 1. The maximum absolute atomic E-state index is 12.9. The van der Waals surface area contributed by atoms with Crippen LogP contribution in [0, 0.1) is 0 Å². The van der Waals surface area contributed by atoms with Crippen LogP contribution < -0.4 is 15.5 Å². The lowest BCUT2D eigenvalue weighted by Gasteiger charge is -2.38. The predicted molar refractivity (Wildman–Crippen MR) is 146 cm³/mol. The Hall–Kier alpha value is -4.05. The van der Waals surface area contributed by atoms with Crippen molar-refractivity contribution < 1.29 is 19.2 Å². The Morgan fingerprint density at radius 3 is 2.67 bits per heavy atom. The van der Waals surface area contributed by atoms with Crippen molar-refractivity contribution >= 4 is 29.3 Å². The Bertz CT molecular complexity index is 1290. The van der Waals surface area contributed by atoms with Gasteiger partial charge in [-0.1, -0.05) is 18.2 Å². The van der Waals surface area contributed by atoms with Gasteiger partial charge in [-0.25, -0.2) is 4.98 Å². The van der Waals surface area contributed by atoms with Crippen molar-refractivity contribution in [2.75, 3.05) is 31.1 Å². The van der Waals surface area contributed by atoms with Crippen molar-refractivity contribution in [1.82, 2.24) is 25.4 Å². The van der Waals surface area contributed by atoms with Crippen LogP contribution in [0.3, 0.4) is 0 Å². The second-order valence-corrected chi connectivity index (χ2v) is 10.4. The predicted octanol–water partition coefficient (Wildman–Crippen LogP) is 1.86. The van der Waals surface area contributed by atoms with E-state index in [0.29, 0.717) is 30.3 Å². The van der Waals surface area contributed by atoms with Crippen LogP contribution in [0.25, 0.3) is 0 Å². The van der Waals surface area contributed by atoms with E-state index in [2.05, 4.69) is 38.9 Å². The fourth-order valence-corrected chi connectivity index (χ4v) is 5.53. The van der Waals surface area contributed by atoms with Crippen LogP contribution in [0.15, 0.2) is 49.2 Å². The lowest BCUT2D eigenvalue weighted by molar-refractivity contribution is -0.136. The lowest BCUT2D eigenvalue weighted by Crippen LogP contribution is -2.52. The highest BCUT2D eigenvalue weighted by Crippen LogP contribution is 2.28. The molecule has 2 saturated heterocycles. The van der Waals surface area contributed by atoms with Crippen molar-refractivity contribution in [2.45, 2.75) is 51.4 Å². The molecule has 2 unspecified atom stereocenters. The number of nitrogens with zero attached hydrogens (tertiary/aromatic N) is 4. The normalized spacial score (nSPS) is 20.4. The summed E-state index contributed by atoms with van der Waals surface area (Å²) in [4.78, 5) is 60.0. The number of hydrogen-bond acceptors (Lipinski definition) is 7. The Balaban J connectivity index is 1.14. The van der Waals surface area contributed by atoms with E-state index in [1.54, 1.807) is 24.4 Å². The van der Waals surface area contributed by atoms with Gasteiger partial charge in [-0.15, -0.1) is 6.58 Å². The minimum Gasteiger partial charge on any atom is -0.368 e. The summed E-state index contributed by atoms with van der Waals surface area (Å²) in [5, 5.41) is 5.22. The topological polar surface area (TPSA) is 115 Å². The van der Waals surface area contributed by atoms with Crippen molar-refractivity contribution in [3.8, 4) is 0 Å². The molecule has 0 spiro atoms. The van der Waals surface area contributed by atoms with E-state index in [9.17, 15) is 19.2 Å². The van der Waals surface area contributed by atoms with Gasteiger partial charge in [0.15, 0.2) is 0 Å². The summed E-state index contributed by atoms with van der Waals surface area (Å²) < 4.78 is 0. The summed E-state index contributed by atoms with van der Waals surface area (Å²) in [6, 6.07) is 8.94. The van der Waals surface area contributed by atoms with Crippen LogP contribution in [-0.4, -0.2) is 76.7 Å². The third kappa shape index (κ3) is 5.70. The third-order valence-electron chi connectivity index (χ3n) is 7.83. The van der Waals surface area contributed by atoms with Gasteiger partial charge < -0.3 is 15.1 Å². The maximum atomic E-state index is 12.9. The Morgan fingerprint density at radius 2 is 1.97 bits per heavy atom. The molecule has 2 fully saturated rings. The van der Waals surface area contributed by atoms with Gasteiger partial charge >= 0.3 is 0 Å². The van der Waals surface area contributed by atoms with E-state index in [1.165, 1.54) is 4.90 Å². The van der Waals surface area contributed by atoms with E-state index in [4.69, 9.17) is 0 Å². The first-order chi connectivity index (χ1) is 18.8. The SMILES string of the molecule is C=CCC(C)N1CCN(c2ccc(C(=O)NCc3ccc4c(c3)CN(C3CCC(=O)NC3=O)C4=O)nc2)CC1. The first-order valence-corrected chi connectivity index (χ1v) is 13.4. The van der Waals surface area contributed by atoms with Gasteiger partial charge in [0.05, 0.1) is 11.9 Å². The zero-order chi connectivity index (χ0) is 27.5. The number of carbonyl (C=O) groups excluding carboxylic acids is 4. The fourth-order valence-electron chi connectivity index (χ4n) is 5.53. The van der Waals surface area contributed by atoms with Gasteiger partial charge in [0, 0.05) is 57.3 Å². The van der Waals surface area contributed by atoms with Crippen molar-refractivity contribution in [1.29, 1.82) is 0 Å². The van der Waals surface area contributed by atoms with Crippen LogP contribution >= 0.6 is 0 Å². The molecule has 3 aliphatic rings. The number of fused-ring (bicyclic) bond motifs is 1. The van der Waals surface area contributed by atoms with Crippen molar-refractivity contribution in [3.63, 3.8) is 0 Å². The summed E-state index contributed by atoms with van der Waals surface area (Å²) in [5.41, 5.74) is 3.55. The Labute approximate surface area is 228 Å². The second kappa shape index (κ2) is 11.4. The van der Waals surface area contributed by atoms with Crippen LogP contribution in [0.2, 0.25) is 0 Å². The van der Waals surface area contributed by atoms with Crippen LogP contribution in [-0.2, 0) is 22.7 Å². The minimum atomic E-state index is -0.649. The van der Waals surface area contributed by atoms with Crippen LogP contribution in [0.1, 0.15) is 58.2 Å². The van der Waals surface area contributed by atoms with Crippen LogP contribution in [0.5, 0.6) is 0 Å². The van der Waals surface area contributed by atoms with Crippen molar-refractivity contribution in [3.05, 3.63) is 71.6 Å². The number of imide groups is 1. The van der Waals surface area contributed by atoms with E-state index < -0.39 is 11.9 Å². The van der Waals surface area contributed by atoms with Gasteiger partial charge in [-0.2, -0.15) is 0 Å². The number of aromatic nitrogens is 1. The molecule has 1 aromatic carbocycles. The molecule has 39 heavy (non-hydrogen) atoms. The van der Waals surface area contributed by atoms with Gasteiger partial charge in [-0.3, -0.25) is 29.4 Å². The highest BCUT2D eigenvalue weighted by atomic mass is 16.2. The first-order valence-electron chi connectivity index (χ1n) is 13.4. The number of nitrogens with one attached hydrogen (secondary N) is 2. The molecule has 1 aromatic heterocycles. The number of hydrogen-bond donors (Lipinski definition) is 2. The van der Waals surface area contributed by atoms with E-state index in [1.807, 2.05) is 18.2 Å². The smallest absolute Gasteiger partial charge is 0.270 e. The number of rotatable bonds is 8. The average molecular weight is 531 g/mol. The highest BCUT2D eigenvalue weighted by Gasteiger charge is 2.39. The number of carbonyl (C=O) groups is 4. The number of amides is 4. The van der Waals surface area contributed by atoms with E-state index in [-0.39, 0.29) is 30.7 Å². The summed E-state index contributed by atoms with van der Waals surface area (Å²) in [6.07, 6.45) is 5.24. The van der Waals surface area contributed by atoms with E-state index in [0.717, 1.165) is 49.4 Å². The fraction of sp³-hybridized carbons (Fsp3) is 0.414. The Kier molecular flexibility index (Phi) is 7.74. The molecule has 10 heteroatoms. The number of anilines is 1. The second-order valence-electron chi connectivity index (χ2n) is 10.4. The molecule has 4 amide bonds. The highest BCUT2D eigenvalue weighted by molar-refractivity contribution is 6.05. The molecule has 2 atom stereocenters. The van der Waals surface area contributed by atoms with Crippen molar-refractivity contribution in [2.24, 2.45) is 0 Å². The summed E-state index contributed by atoms with van der Waals surface area (Å²) >= 11 is 0. The molecule has 3 aliphatic heterocycles. The van der Waals surface area contributed by atoms with E-state index >= 15 is 0 Å². The zero-order valence-electron chi connectivity index (χ0n) is 22.2. The maximum Gasteiger partial charge on any atom is 0.270 e. The number of piperidine rings is 1. The molecule has 5 rings (SSSR count). The third-order valence-corrected chi connectivity index (χ3v) is 7.83. The number of benzene rings is 1. The molecule has 0 aliphatic carbocycles. The summed E-state index contributed by atoms with van der Waals surface area (Å²) in [5.74, 6) is -1.23. The average Bonchev–Trinajstić information content (AvgIpc) is 3.27. The largest absolute Gasteiger partial charge is 0.368 e. The summed E-state index contributed by atoms with van der Waals surface area (Å²) in [7, 11) is 0. The first kappa shape index (κ1) is 26.6. The van der Waals surface area contributed by atoms with Gasteiger partial charge in [0.1, 0.15) is 11.7 Å². The standard InChI is InChI=1S/C29H34N6O4/c1-3-4-19(2)33-11-13-34(14-12-33)22-6-8-24(30-17-22)27(37)31-16-20-5-7-23-21(15-20)18-35(29(23)39)25-9-10-26(36)32-28(25)38/h3,5-8,15,17,19,25H,1,4,9-14,16,18H2,2H3,(H,31,37)(H,32,36,38). The monoisotopic (exact) mass is 530 g/mol. The molecular formula is C29H34N6O4. The molecule has 0 bridgehead atoms. The van der Waals surface area contributed by atoms with Crippen LogP contribution in [0.4, 0.5) is 5.69 Å². The molecule has 204 valence electrons. The summed E-state index contributed by atoms with van der Waals surface area (Å²) in [6.45, 7) is 10.4. The minimum absolute atomic E-state index is 0.216. The quantitative estimate of drug-likeness (QED) is 0.396. The van der Waals surface area contributed by atoms with Gasteiger partial charge in [0.25, 0.3) is 11.8 Å².